The number of rotatable bonds is 9. The van der Waals surface area contributed by atoms with E-state index in [9.17, 15) is 18.8 Å². The van der Waals surface area contributed by atoms with E-state index in [1.807, 2.05) is 5.01 Å². The maximum Gasteiger partial charge on any atom is 0.327 e. The van der Waals surface area contributed by atoms with E-state index in [2.05, 4.69) is 15.4 Å². The van der Waals surface area contributed by atoms with Crippen molar-refractivity contribution in [2.45, 2.75) is 19.5 Å². The van der Waals surface area contributed by atoms with E-state index in [4.69, 9.17) is 14.5 Å². The second kappa shape index (κ2) is 13.8. The molecule has 0 aliphatic carbocycles. The zero-order chi connectivity index (χ0) is 33.8. The highest BCUT2D eigenvalue weighted by molar-refractivity contribution is 6.03. The highest BCUT2D eigenvalue weighted by Crippen LogP contribution is 2.37. The SMILES string of the molecule is COc1ccc(N(C(=O)Nc2ccc(F)cc2)C(C)c2nc3ccccc3c(=O)n2N2CCN(C(=O)Cn3cncn3)CC2)c(OC)c1. The molecular formula is C33H34FN9O5. The van der Waals surface area contributed by atoms with Crippen LogP contribution in [0.3, 0.4) is 0 Å². The van der Waals surface area contributed by atoms with E-state index in [-0.39, 0.29) is 23.8 Å². The average Bonchev–Trinajstić information content (AvgIpc) is 3.62. The summed E-state index contributed by atoms with van der Waals surface area (Å²) in [6.07, 6.45) is 2.86. The predicted molar refractivity (Wildman–Crippen MR) is 176 cm³/mol. The fourth-order valence-corrected chi connectivity index (χ4v) is 5.69. The summed E-state index contributed by atoms with van der Waals surface area (Å²) in [5, 5.41) is 9.10. The number of para-hydroxylation sites is 1. The lowest BCUT2D eigenvalue weighted by atomic mass is 10.1. The minimum absolute atomic E-state index is 0.0571. The lowest BCUT2D eigenvalue weighted by molar-refractivity contribution is -0.132. The Kier molecular flexibility index (Phi) is 9.18. The van der Waals surface area contributed by atoms with Gasteiger partial charge >= 0.3 is 6.03 Å². The van der Waals surface area contributed by atoms with Crippen molar-refractivity contribution in [2.75, 3.05) is 55.6 Å². The van der Waals surface area contributed by atoms with Gasteiger partial charge in [0.2, 0.25) is 5.91 Å². The summed E-state index contributed by atoms with van der Waals surface area (Å²) in [6.45, 7) is 3.18. The van der Waals surface area contributed by atoms with Gasteiger partial charge < -0.3 is 24.7 Å². The molecule has 0 saturated carbocycles. The van der Waals surface area contributed by atoms with E-state index in [0.29, 0.717) is 60.0 Å². The lowest BCUT2D eigenvalue weighted by Gasteiger charge is -2.39. The number of benzene rings is 3. The van der Waals surface area contributed by atoms with Gasteiger partial charge in [0.05, 0.1) is 49.9 Å². The molecular weight excluding hydrogens is 621 g/mol. The van der Waals surface area contributed by atoms with Crippen LogP contribution in [0.5, 0.6) is 11.5 Å². The molecule has 0 radical (unpaired) electrons. The fraction of sp³-hybridized carbons (Fsp3) is 0.273. The van der Waals surface area contributed by atoms with E-state index in [1.54, 1.807) is 54.3 Å². The molecule has 3 heterocycles. The Bertz CT molecular complexity index is 1980. The fourth-order valence-electron chi connectivity index (χ4n) is 5.69. The summed E-state index contributed by atoms with van der Waals surface area (Å²) in [5.41, 5.74) is 0.887. The molecule has 1 saturated heterocycles. The second-order valence-corrected chi connectivity index (χ2v) is 11.1. The van der Waals surface area contributed by atoms with Gasteiger partial charge in [0.15, 0.2) is 5.82 Å². The standard InChI is InChI=1S/C33H34FN9O5/c1-22(42(28-13-12-25(47-2)18-29(28)48-3)33(46)37-24-10-8-23(34)9-11-24)31-38-27-7-5-4-6-26(27)32(45)43(31)41-16-14-39(15-17-41)30(44)19-40-21-35-20-36-40/h4-13,18,20-22H,14-17,19H2,1-3H3,(H,37,46). The normalized spacial score (nSPS) is 13.7. The first-order valence-corrected chi connectivity index (χ1v) is 15.2. The van der Waals surface area contributed by atoms with E-state index in [1.165, 1.54) is 65.4 Å². The third-order valence-corrected chi connectivity index (χ3v) is 8.16. The molecule has 0 spiro atoms. The molecule has 0 bridgehead atoms. The number of carbonyl (C=O) groups excluding carboxylic acids is 2. The van der Waals surface area contributed by atoms with Gasteiger partial charge in [-0.1, -0.05) is 12.1 Å². The van der Waals surface area contributed by atoms with Gasteiger partial charge in [0.1, 0.15) is 36.5 Å². The molecule has 1 aliphatic heterocycles. The van der Waals surface area contributed by atoms with Crippen LogP contribution in [0.4, 0.5) is 20.6 Å². The van der Waals surface area contributed by atoms with Crippen LogP contribution in [-0.2, 0) is 11.3 Å². The molecule has 5 aromatic rings. The van der Waals surface area contributed by atoms with Gasteiger partial charge in [-0.2, -0.15) is 5.10 Å². The van der Waals surface area contributed by atoms with Crippen LogP contribution < -0.4 is 30.3 Å². The summed E-state index contributed by atoms with van der Waals surface area (Å²) < 4.78 is 27.7. The number of urea groups is 1. The van der Waals surface area contributed by atoms with Crippen molar-refractivity contribution in [3.8, 4) is 11.5 Å². The Balaban J connectivity index is 1.40. The van der Waals surface area contributed by atoms with Crippen LogP contribution in [0.25, 0.3) is 10.9 Å². The third kappa shape index (κ3) is 6.47. The van der Waals surface area contributed by atoms with Crippen LogP contribution in [-0.4, -0.2) is 81.7 Å². The highest BCUT2D eigenvalue weighted by atomic mass is 19.1. The van der Waals surface area contributed by atoms with Crippen molar-refractivity contribution in [2.24, 2.45) is 0 Å². The summed E-state index contributed by atoms with van der Waals surface area (Å²) >= 11 is 0. The van der Waals surface area contributed by atoms with Gasteiger partial charge in [0, 0.05) is 24.8 Å². The van der Waals surface area contributed by atoms with Gasteiger partial charge in [0.25, 0.3) is 5.56 Å². The molecule has 15 heteroatoms. The molecule has 3 amide bonds. The summed E-state index contributed by atoms with van der Waals surface area (Å²) in [7, 11) is 3.00. The van der Waals surface area contributed by atoms with Gasteiger partial charge in [-0.05, 0) is 55.5 Å². The minimum Gasteiger partial charge on any atom is -0.497 e. The third-order valence-electron chi connectivity index (χ3n) is 8.16. The number of nitrogens with one attached hydrogen (secondary N) is 1. The van der Waals surface area contributed by atoms with Crippen LogP contribution in [0.1, 0.15) is 18.8 Å². The number of hydrogen-bond acceptors (Lipinski definition) is 9. The summed E-state index contributed by atoms with van der Waals surface area (Å²) in [4.78, 5) is 53.3. The monoisotopic (exact) mass is 655 g/mol. The first-order chi connectivity index (χ1) is 23.3. The molecule has 48 heavy (non-hydrogen) atoms. The number of piperazine rings is 1. The quantitative estimate of drug-likeness (QED) is 0.253. The lowest BCUT2D eigenvalue weighted by Crippen LogP contribution is -2.57. The van der Waals surface area contributed by atoms with Crippen molar-refractivity contribution in [1.29, 1.82) is 0 Å². The van der Waals surface area contributed by atoms with Gasteiger partial charge in [-0.3, -0.25) is 14.5 Å². The topological polar surface area (TPSA) is 140 Å². The van der Waals surface area contributed by atoms with E-state index in [0.717, 1.165) is 0 Å². The maximum atomic E-state index is 14.2. The van der Waals surface area contributed by atoms with Crippen LogP contribution in [0, 0.1) is 5.82 Å². The number of anilines is 2. The zero-order valence-electron chi connectivity index (χ0n) is 26.6. The number of fused-ring (bicyclic) bond motifs is 1. The Morgan fingerprint density at radius 2 is 1.75 bits per heavy atom. The minimum atomic E-state index is -0.850. The molecule has 1 unspecified atom stereocenters. The number of aromatic nitrogens is 5. The molecule has 6 rings (SSSR count). The Morgan fingerprint density at radius 3 is 2.44 bits per heavy atom. The zero-order valence-corrected chi connectivity index (χ0v) is 26.6. The van der Waals surface area contributed by atoms with Crippen LogP contribution in [0.2, 0.25) is 0 Å². The molecule has 2 aromatic heterocycles. The molecule has 14 nitrogen and oxygen atoms in total. The second-order valence-electron chi connectivity index (χ2n) is 11.1. The van der Waals surface area contributed by atoms with Crippen LogP contribution in [0.15, 0.2) is 84.2 Å². The van der Waals surface area contributed by atoms with Gasteiger partial charge in [-0.25, -0.2) is 28.5 Å². The smallest absolute Gasteiger partial charge is 0.327 e. The van der Waals surface area contributed by atoms with Gasteiger partial charge in [-0.15, -0.1) is 0 Å². The number of carbonyl (C=O) groups is 2. The Morgan fingerprint density at radius 1 is 1.00 bits per heavy atom. The number of amides is 3. The summed E-state index contributed by atoms with van der Waals surface area (Å²) in [6, 6.07) is 16.0. The van der Waals surface area contributed by atoms with Crippen molar-refractivity contribution in [3.05, 3.63) is 101 Å². The Labute approximate surface area is 274 Å². The molecule has 248 valence electrons. The average molecular weight is 656 g/mol. The first-order valence-electron chi connectivity index (χ1n) is 15.2. The van der Waals surface area contributed by atoms with Crippen molar-refractivity contribution in [1.82, 2.24) is 29.3 Å². The van der Waals surface area contributed by atoms with Crippen molar-refractivity contribution < 1.29 is 23.5 Å². The highest BCUT2D eigenvalue weighted by Gasteiger charge is 2.33. The molecule has 1 fully saturated rings. The predicted octanol–water partition coefficient (Wildman–Crippen LogP) is 3.42. The maximum absolute atomic E-state index is 14.2. The van der Waals surface area contributed by atoms with E-state index < -0.39 is 17.9 Å². The Hall–Kier alpha value is -5.99. The van der Waals surface area contributed by atoms with E-state index >= 15 is 0 Å². The number of methoxy groups -OCH3 is 2. The molecule has 1 N–H and O–H groups in total. The number of ether oxygens (including phenoxy) is 2. The first kappa shape index (κ1) is 32.0. The number of halogens is 1. The number of nitrogens with zero attached hydrogens (tertiary/aromatic N) is 8. The molecule has 1 atom stereocenters. The molecule has 1 aliphatic rings. The van der Waals surface area contributed by atoms with Crippen molar-refractivity contribution in [3.63, 3.8) is 0 Å². The summed E-state index contributed by atoms with van der Waals surface area (Å²) in [5.74, 6) is 0.574. The number of hydrogen-bond donors (Lipinski definition) is 1. The largest absolute Gasteiger partial charge is 0.497 e. The molecule has 3 aromatic carbocycles. The van der Waals surface area contributed by atoms with Crippen LogP contribution >= 0.6 is 0 Å². The van der Waals surface area contributed by atoms with Crippen molar-refractivity contribution >= 4 is 34.2 Å².